The Morgan fingerprint density at radius 1 is 1.52 bits per heavy atom. The second-order valence-corrected chi connectivity index (χ2v) is 8.01. The number of likely N-dealkylation sites (N-methyl/N-ethyl adjacent to an activating group) is 1. The van der Waals surface area contributed by atoms with Crippen molar-refractivity contribution >= 4 is 26.5 Å². The Hall–Kier alpha value is -0.720. The Morgan fingerprint density at radius 3 is 2.86 bits per heavy atom. The number of rotatable bonds is 5. The number of hydrogen-bond donors (Lipinski definition) is 1. The van der Waals surface area contributed by atoms with E-state index in [9.17, 15) is 4.79 Å². The smallest absolute Gasteiger partial charge is 0.262 e. The maximum atomic E-state index is 12.5. The molecule has 2 aliphatic heterocycles. The summed E-state index contributed by atoms with van der Waals surface area (Å²) in [6.45, 7) is 8.99. The van der Waals surface area contributed by atoms with E-state index in [0.717, 1.165) is 30.0 Å². The van der Waals surface area contributed by atoms with E-state index in [-0.39, 0.29) is 5.91 Å². The normalized spacial score (nSPS) is 26.7. The molecule has 1 amide bonds. The third-order valence-corrected chi connectivity index (χ3v) is 7.21. The number of carbonyl (C=O) groups is 1. The first-order chi connectivity index (χ1) is 10.0. The van der Waals surface area contributed by atoms with Crippen LogP contribution in [0.4, 0.5) is 0 Å². The lowest BCUT2D eigenvalue weighted by molar-refractivity contribution is -0.117. The maximum absolute atomic E-state index is 12.5. The van der Waals surface area contributed by atoms with E-state index in [1.54, 1.807) is 7.11 Å². The average Bonchev–Trinajstić information content (AvgIpc) is 3.02. The van der Waals surface area contributed by atoms with Crippen LogP contribution in [-0.2, 0) is 30.2 Å². The summed E-state index contributed by atoms with van der Waals surface area (Å²) < 4.78 is 5.40. The fraction of sp³-hybridized carbons (Fsp3) is 0.667. The predicted octanol–water partition coefficient (Wildman–Crippen LogP) is 1.83. The third-order valence-electron chi connectivity index (χ3n) is 4.35. The fourth-order valence-electron chi connectivity index (χ4n) is 2.97. The molecular formula is C15H24N2O2S2. The van der Waals surface area contributed by atoms with Gasteiger partial charge in [-0.25, -0.2) is 0 Å². The van der Waals surface area contributed by atoms with Gasteiger partial charge in [0.05, 0.1) is 7.11 Å². The number of allylic oxidation sites excluding steroid dienone is 2. The highest BCUT2D eigenvalue weighted by molar-refractivity contribution is 8.33. The van der Waals surface area contributed by atoms with Gasteiger partial charge >= 0.3 is 0 Å². The minimum atomic E-state index is -0.567. The highest BCUT2D eigenvalue weighted by atomic mass is 32.8. The van der Waals surface area contributed by atoms with Crippen molar-refractivity contribution in [2.45, 2.75) is 39.7 Å². The van der Waals surface area contributed by atoms with E-state index in [1.807, 2.05) is 13.8 Å². The Bertz CT molecular complexity index is 526. The topological polar surface area (TPSA) is 41.6 Å². The summed E-state index contributed by atoms with van der Waals surface area (Å²) in [5, 5.41) is 3.06. The largest absolute Gasteiger partial charge is 0.495 e. The maximum Gasteiger partial charge on any atom is 0.262 e. The van der Waals surface area contributed by atoms with Crippen LogP contribution in [-0.4, -0.2) is 43.6 Å². The molecule has 6 heteroatoms. The number of nitrogens with zero attached hydrogens (tertiary/aromatic N) is 1. The molecule has 4 nitrogen and oxygen atoms in total. The van der Waals surface area contributed by atoms with Crippen LogP contribution in [0.15, 0.2) is 21.1 Å². The quantitative estimate of drug-likeness (QED) is 0.836. The standard InChI is InChI=1S/C15H24N2O2S2/c1-5-17-8-6-7-12(17)9-16-15(18)14-13(19-4)10(2)11(3)21(14)20/h12H,5-9H2,1-4H3,(H,16,18). The van der Waals surface area contributed by atoms with Gasteiger partial charge in [0.25, 0.3) is 5.91 Å². The second kappa shape index (κ2) is 7.03. The first-order valence-corrected chi connectivity index (χ1v) is 9.56. The third kappa shape index (κ3) is 3.22. The van der Waals surface area contributed by atoms with E-state index in [1.165, 1.54) is 6.42 Å². The molecule has 1 saturated heterocycles. The SMILES string of the molecule is CCN1CCCC1CNC(=O)C1=C(OC)C(C)=C(C)S1=S. The van der Waals surface area contributed by atoms with Gasteiger partial charge in [-0.1, -0.05) is 16.4 Å². The molecular weight excluding hydrogens is 304 g/mol. The highest BCUT2D eigenvalue weighted by Crippen LogP contribution is 2.33. The van der Waals surface area contributed by atoms with E-state index in [0.29, 0.717) is 23.3 Å². The summed E-state index contributed by atoms with van der Waals surface area (Å²) >= 11 is 5.50. The molecule has 0 aliphatic carbocycles. The van der Waals surface area contributed by atoms with Crippen molar-refractivity contribution in [1.29, 1.82) is 0 Å². The molecule has 0 bridgehead atoms. The van der Waals surface area contributed by atoms with Gasteiger partial charge in [0.2, 0.25) is 0 Å². The average molecular weight is 329 g/mol. The lowest BCUT2D eigenvalue weighted by Crippen LogP contribution is -2.40. The van der Waals surface area contributed by atoms with Gasteiger partial charge in [-0.2, -0.15) is 0 Å². The van der Waals surface area contributed by atoms with Crippen molar-refractivity contribution in [2.75, 3.05) is 26.7 Å². The summed E-state index contributed by atoms with van der Waals surface area (Å²) in [7, 11) is 1.04. The van der Waals surface area contributed by atoms with Gasteiger partial charge in [0.15, 0.2) is 0 Å². The molecule has 21 heavy (non-hydrogen) atoms. The Morgan fingerprint density at radius 2 is 2.24 bits per heavy atom. The van der Waals surface area contributed by atoms with Gasteiger partial charge < -0.3 is 10.1 Å². The number of amides is 1. The Balaban J connectivity index is 2.04. The number of methoxy groups -OCH3 is 1. The monoisotopic (exact) mass is 328 g/mol. The molecule has 1 fully saturated rings. The van der Waals surface area contributed by atoms with Crippen molar-refractivity contribution in [1.82, 2.24) is 10.2 Å². The molecule has 0 saturated carbocycles. The molecule has 118 valence electrons. The van der Waals surface area contributed by atoms with Crippen LogP contribution in [0.2, 0.25) is 0 Å². The number of carbonyl (C=O) groups excluding carboxylic acids is 1. The van der Waals surface area contributed by atoms with Gasteiger partial charge in [-0.3, -0.25) is 9.69 Å². The zero-order valence-corrected chi connectivity index (χ0v) is 14.8. The molecule has 0 spiro atoms. The number of ether oxygens (including phenoxy) is 1. The number of hydrogen-bond acceptors (Lipinski definition) is 4. The van der Waals surface area contributed by atoms with Crippen LogP contribution < -0.4 is 5.32 Å². The van der Waals surface area contributed by atoms with Gasteiger partial charge in [-0.15, -0.1) is 0 Å². The summed E-state index contributed by atoms with van der Waals surface area (Å²) in [4.78, 5) is 16.6. The number of nitrogens with one attached hydrogen (secondary N) is 1. The first kappa shape index (κ1) is 16.6. The molecule has 2 heterocycles. The first-order valence-electron chi connectivity index (χ1n) is 7.41. The van der Waals surface area contributed by atoms with E-state index in [4.69, 9.17) is 15.9 Å². The van der Waals surface area contributed by atoms with Gasteiger partial charge in [0, 0.05) is 18.2 Å². The lowest BCUT2D eigenvalue weighted by Gasteiger charge is -2.23. The molecule has 2 rings (SSSR count). The predicted molar refractivity (Wildman–Crippen MR) is 90.4 cm³/mol. The van der Waals surface area contributed by atoms with E-state index < -0.39 is 9.45 Å². The molecule has 0 aromatic heterocycles. The van der Waals surface area contributed by atoms with Crippen molar-refractivity contribution < 1.29 is 9.53 Å². The Labute approximate surface area is 134 Å². The van der Waals surface area contributed by atoms with Gasteiger partial charge in [0.1, 0.15) is 10.7 Å². The molecule has 0 aromatic rings. The molecule has 0 radical (unpaired) electrons. The molecule has 2 aliphatic rings. The van der Waals surface area contributed by atoms with Crippen LogP contribution in [0, 0.1) is 0 Å². The van der Waals surface area contributed by atoms with Crippen LogP contribution in [0.25, 0.3) is 0 Å². The zero-order valence-electron chi connectivity index (χ0n) is 13.2. The second-order valence-electron chi connectivity index (χ2n) is 5.45. The summed E-state index contributed by atoms with van der Waals surface area (Å²) in [6.07, 6.45) is 2.37. The number of likely N-dealkylation sites (tertiary alicyclic amines) is 1. The lowest BCUT2D eigenvalue weighted by atomic mass is 10.2. The summed E-state index contributed by atoms with van der Waals surface area (Å²) in [5.41, 5.74) is 1.01. The van der Waals surface area contributed by atoms with Gasteiger partial charge in [-0.05, 0) is 55.9 Å². The Kier molecular flexibility index (Phi) is 5.57. The molecule has 2 atom stereocenters. The summed E-state index contributed by atoms with van der Waals surface area (Å²) in [6, 6.07) is 0.453. The zero-order chi connectivity index (χ0) is 15.6. The molecule has 2 unspecified atom stereocenters. The van der Waals surface area contributed by atoms with Crippen LogP contribution >= 0.6 is 0 Å². The van der Waals surface area contributed by atoms with Crippen molar-refractivity contribution in [2.24, 2.45) is 0 Å². The van der Waals surface area contributed by atoms with Crippen LogP contribution in [0.3, 0.4) is 0 Å². The minimum Gasteiger partial charge on any atom is -0.495 e. The van der Waals surface area contributed by atoms with E-state index >= 15 is 0 Å². The fourth-order valence-corrected chi connectivity index (χ4v) is 5.12. The van der Waals surface area contributed by atoms with E-state index in [2.05, 4.69) is 17.1 Å². The van der Waals surface area contributed by atoms with Crippen molar-refractivity contribution in [3.63, 3.8) is 0 Å². The highest BCUT2D eigenvalue weighted by Gasteiger charge is 2.31. The van der Waals surface area contributed by atoms with Crippen LogP contribution in [0.1, 0.15) is 33.6 Å². The van der Waals surface area contributed by atoms with Crippen molar-refractivity contribution in [3.8, 4) is 0 Å². The summed E-state index contributed by atoms with van der Waals surface area (Å²) in [5.74, 6) is 0.603. The van der Waals surface area contributed by atoms with Crippen molar-refractivity contribution in [3.05, 3.63) is 21.1 Å². The molecule has 1 N–H and O–H groups in total. The molecule has 0 aromatic carbocycles. The van der Waals surface area contributed by atoms with Crippen LogP contribution in [0.5, 0.6) is 0 Å². The minimum absolute atomic E-state index is 0.0654.